The molecule has 0 atom stereocenters. The van der Waals surface area contributed by atoms with E-state index in [4.69, 9.17) is 4.74 Å². The molecular weight excluding hydrogens is 448 g/mol. The highest BCUT2D eigenvalue weighted by molar-refractivity contribution is 5.97. The number of ether oxygens (including phenoxy) is 1. The van der Waals surface area contributed by atoms with Crippen LogP contribution >= 0.6 is 0 Å². The van der Waals surface area contributed by atoms with E-state index in [0.717, 1.165) is 30.4 Å². The van der Waals surface area contributed by atoms with E-state index in [1.54, 1.807) is 16.9 Å². The van der Waals surface area contributed by atoms with Crippen LogP contribution in [0.4, 0.5) is 0 Å². The molecule has 2 aromatic heterocycles. The Bertz CT molecular complexity index is 1270. The molecule has 2 aromatic carbocycles. The summed E-state index contributed by atoms with van der Waals surface area (Å²) in [5.74, 6) is 1.70. The molecule has 0 unspecified atom stereocenters. The maximum atomic E-state index is 11.7. The summed E-state index contributed by atoms with van der Waals surface area (Å²) in [7, 11) is 0. The molecule has 0 fully saturated rings. The molecule has 2 heterocycles. The van der Waals surface area contributed by atoms with Gasteiger partial charge in [0.25, 0.3) is 0 Å². The largest absolute Gasteiger partial charge is 0.507 e. The maximum absolute atomic E-state index is 11.7. The quantitative estimate of drug-likeness (QED) is 0.233. The average molecular weight is 477 g/mol. The number of rotatable bonds is 12. The molecule has 35 heavy (non-hydrogen) atoms. The second-order valence-electron chi connectivity index (χ2n) is 8.22. The lowest BCUT2D eigenvalue weighted by molar-refractivity contribution is 0.101. The van der Waals surface area contributed by atoms with Crippen molar-refractivity contribution in [2.75, 3.05) is 6.61 Å². The predicted molar refractivity (Wildman–Crippen MR) is 127 cm³/mol. The van der Waals surface area contributed by atoms with Crippen LogP contribution in [-0.4, -0.2) is 58.3 Å². The zero-order valence-corrected chi connectivity index (χ0v) is 19.8. The highest BCUT2D eigenvalue weighted by atomic mass is 16.5. The Labute approximate surface area is 202 Å². The number of phenols is 1. The molecule has 0 aliphatic carbocycles. The van der Waals surface area contributed by atoms with Crippen LogP contribution in [0.2, 0.25) is 0 Å². The lowest BCUT2D eigenvalue weighted by Gasteiger charge is -2.14. The molecule has 0 aliphatic heterocycles. The first-order valence-corrected chi connectivity index (χ1v) is 11.6. The molecular formula is C24H28N8O3. The van der Waals surface area contributed by atoms with E-state index in [0.29, 0.717) is 54.5 Å². The standard InChI is InChI=1S/C24H28N8O3/c1-3-7-20-21(12-11-19(16(2)33)23(20)34)35-13-5-4-10-22-25-31-32(28-22)15-17-8-6-9-18(14-17)24-26-29-30-27-24/h6,8-9,11-12,14,34H,3-5,7,10,13,15H2,1-2H3,(H,26,27,29,30). The van der Waals surface area contributed by atoms with E-state index >= 15 is 0 Å². The van der Waals surface area contributed by atoms with Gasteiger partial charge in [-0.1, -0.05) is 31.5 Å². The molecule has 4 rings (SSSR count). The lowest BCUT2D eigenvalue weighted by Crippen LogP contribution is -2.05. The second kappa shape index (κ2) is 11.3. The van der Waals surface area contributed by atoms with Gasteiger partial charge in [-0.25, -0.2) is 0 Å². The minimum absolute atomic E-state index is 0.0282. The topological polar surface area (TPSA) is 145 Å². The number of benzene rings is 2. The molecule has 0 saturated heterocycles. The van der Waals surface area contributed by atoms with Crippen molar-refractivity contribution in [1.29, 1.82) is 0 Å². The van der Waals surface area contributed by atoms with Crippen LogP contribution in [0.5, 0.6) is 11.5 Å². The normalized spacial score (nSPS) is 11.0. The first-order valence-electron chi connectivity index (χ1n) is 11.6. The number of aromatic nitrogens is 8. The van der Waals surface area contributed by atoms with Crippen molar-refractivity contribution < 1.29 is 14.6 Å². The van der Waals surface area contributed by atoms with E-state index in [-0.39, 0.29) is 11.5 Å². The number of hydrogen-bond donors (Lipinski definition) is 2. The first kappa shape index (κ1) is 24.0. The van der Waals surface area contributed by atoms with Gasteiger partial charge in [-0.2, -0.15) is 10.0 Å². The van der Waals surface area contributed by atoms with Crippen LogP contribution in [0.15, 0.2) is 36.4 Å². The maximum Gasteiger partial charge on any atom is 0.204 e. The Morgan fingerprint density at radius 2 is 2.03 bits per heavy atom. The van der Waals surface area contributed by atoms with E-state index < -0.39 is 0 Å². The number of unbranched alkanes of at least 4 members (excludes halogenated alkanes) is 1. The molecule has 11 heteroatoms. The summed E-state index contributed by atoms with van der Waals surface area (Å²) in [5, 5.41) is 37.3. The number of nitrogens with zero attached hydrogens (tertiary/aromatic N) is 7. The van der Waals surface area contributed by atoms with Gasteiger partial charge in [0, 0.05) is 17.5 Å². The van der Waals surface area contributed by atoms with Gasteiger partial charge in [-0.05, 0) is 60.4 Å². The summed E-state index contributed by atoms with van der Waals surface area (Å²) in [6.45, 7) is 4.45. The number of Topliss-reactive ketones (excluding diaryl/α,β-unsaturated/α-hetero) is 1. The Kier molecular flexibility index (Phi) is 7.76. The molecule has 0 amide bonds. The summed E-state index contributed by atoms with van der Waals surface area (Å²) in [4.78, 5) is 13.3. The van der Waals surface area contributed by atoms with E-state index in [2.05, 4.69) is 36.0 Å². The number of hydrogen-bond acceptors (Lipinski definition) is 9. The third kappa shape index (κ3) is 6.05. The number of phenolic OH excluding ortho intramolecular Hbond substituents is 1. The third-order valence-electron chi connectivity index (χ3n) is 5.52. The molecule has 4 aromatic rings. The third-order valence-corrected chi connectivity index (χ3v) is 5.52. The molecule has 0 aliphatic rings. The Morgan fingerprint density at radius 1 is 1.14 bits per heavy atom. The lowest BCUT2D eigenvalue weighted by atomic mass is 10.0. The molecule has 0 saturated carbocycles. The summed E-state index contributed by atoms with van der Waals surface area (Å²) in [6, 6.07) is 11.2. The Hall–Kier alpha value is -4.15. The van der Waals surface area contributed by atoms with Crippen molar-refractivity contribution in [3.63, 3.8) is 0 Å². The van der Waals surface area contributed by atoms with Crippen LogP contribution in [0.3, 0.4) is 0 Å². The smallest absolute Gasteiger partial charge is 0.204 e. The fraction of sp³-hybridized carbons (Fsp3) is 0.375. The van der Waals surface area contributed by atoms with Crippen LogP contribution in [0.1, 0.15) is 60.4 Å². The second-order valence-corrected chi connectivity index (χ2v) is 8.22. The first-order chi connectivity index (χ1) is 17.0. The molecule has 11 nitrogen and oxygen atoms in total. The minimum atomic E-state index is -0.161. The van der Waals surface area contributed by atoms with Crippen molar-refractivity contribution in [2.45, 2.75) is 52.5 Å². The summed E-state index contributed by atoms with van der Waals surface area (Å²) >= 11 is 0. The minimum Gasteiger partial charge on any atom is -0.507 e. The van der Waals surface area contributed by atoms with Crippen LogP contribution < -0.4 is 4.74 Å². The van der Waals surface area contributed by atoms with Gasteiger partial charge in [0.2, 0.25) is 5.82 Å². The van der Waals surface area contributed by atoms with Crippen molar-refractivity contribution >= 4 is 5.78 Å². The fourth-order valence-electron chi connectivity index (χ4n) is 3.80. The molecule has 182 valence electrons. The van der Waals surface area contributed by atoms with E-state index in [9.17, 15) is 9.90 Å². The highest BCUT2D eigenvalue weighted by Crippen LogP contribution is 2.33. The van der Waals surface area contributed by atoms with Crippen molar-refractivity contribution in [3.05, 3.63) is 58.9 Å². The van der Waals surface area contributed by atoms with Gasteiger partial charge in [0.05, 0.1) is 18.7 Å². The van der Waals surface area contributed by atoms with Gasteiger partial charge >= 0.3 is 0 Å². The predicted octanol–water partition coefficient (Wildman–Crippen LogP) is 3.16. The number of H-pyrrole nitrogens is 1. The van der Waals surface area contributed by atoms with E-state index in [1.165, 1.54) is 6.92 Å². The summed E-state index contributed by atoms with van der Waals surface area (Å²) in [5.41, 5.74) is 2.89. The number of aromatic amines is 1. The van der Waals surface area contributed by atoms with Gasteiger partial charge in [-0.15, -0.1) is 20.4 Å². The van der Waals surface area contributed by atoms with E-state index in [1.807, 2.05) is 31.2 Å². The van der Waals surface area contributed by atoms with Crippen molar-refractivity contribution in [1.82, 2.24) is 40.8 Å². The molecule has 2 N–H and O–H groups in total. The fourth-order valence-corrected chi connectivity index (χ4v) is 3.80. The van der Waals surface area contributed by atoms with Crippen LogP contribution in [0, 0.1) is 0 Å². The van der Waals surface area contributed by atoms with Crippen molar-refractivity contribution in [2.24, 2.45) is 0 Å². The number of carbonyl (C=O) groups is 1. The highest BCUT2D eigenvalue weighted by Gasteiger charge is 2.16. The van der Waals surface area contributed by atoms with Crippen molar-refractivity contribution in [3.8, 4) is 22.9 Å². The Morgan fingerprint density at radius 3 is 2.80 bits per heavy atom. The number of nitrogens with one attached hydrogen (secondary N) is 1. The molecule has 0 bridgehead atoms. The van der Waals surface area contributed by atoms with Crippen LogP contribution in [-0.2, 0) is 19.4 Å². The number of tetrazole rings is 2. The van der Waals surface area contributed by atoms with Gasteiger partial charge in [0.1, 0.15) is 11.5 Å². The van der Waals surface area contributed by atoms with Gasteiger partial charge in [0.15, 0.2) is 11.6 Å². The zero-order chi connectivity index (χ0) is 24.6. The number of aromatic hydroxyl groups is 1. The Balaban J connectivity index is 1.26. The molecule has 0 spiro atoms. The number of aryl methyl sites for hydroxylation is 1. The average Bonchev–Trinajstić information content (AvgIpc) is 3.53. The summed E-state index contributed by atoms with van der Waals surface area (Å²) in [6.07, 6.45) is 3.80. The summed E-state index contributed by atoms with van der Waals surface area (Å²) < 4.78 is 5.92. The van der Waals surface area contributed by atoms with Crippen LogP contribution in [0.25, 0.3) is 11.4 Å². The molecule has 0 radical (unpaired) electrons. The van der Waals surface area contributed by atoms with Gasteiger partial charge < -0.3 is 9.84 Å². The zero-order valence-electron chi connectivity index (χ0n) is 19.8. The number of carbonyl (C=O) groups excluding carboxylic acids is 1. The number of ketones is 1. The van der Waals surface area contributed by atoms with Gasteiger partial charge in [-0.3, -0.25) is 4.79 Å². The monoisotopic (exact) mass is 476 g/mol. The SMILES string of the molecule is CCCc1c(OCCCCc2nnn(Cc3cccc(-c4nn[nH]n4)c3)n2)ccc(C(C)=O)c1O.